The molecule has 0 aliphatic heterocycles. The maximum atomic E-state index is 4.24. The topological polar surface area (TPSA) is 24.9 Å². The second-order valence-corrected chi connectivity index (χ2v) is 7.00. The molecule has 2 atom stereocenters. The van der Waals surface area contributed by atoms with Gasteiger partial charge in [-0.2, -0.15) is 0 Å². The first-order valence-electron chi connectivity index (χ1n) is 7.68. The molecule has 1 aliphatic rings. The molecule has 1 saturated carbocycles. The standard InChI is InChI=1S/C17H28N2/c1-17(2,3)19-13-16-9-5-4-8-15(16)11-14-7-6-10-18-12-14/h6-7,10,12,15-16,19H,4-5,8-9,11,13H2,1-3H3. The Balaban J connectivity index is 1.92. The molecule has 0 saturated heterocycles. The summed E-state index contributed by atoms with van der Waals surface area (Å²) in [6.45, 7) is 7.93. The molecular weight excluding hydrogens is 232 g/mol. The van der Waals surface area contributed by atoms with Crippen molar-refractivity contribution in [3.05, 3.63) is 30.1 Å². The van der Waals surface area contributed by atoms with E-state index in [1.807, 2.05) is 12.4 Å². The lowest BCUT2D eigenvalue weighted by atomic mass is 9.76. The number of nitrogens with one attached hydrogen (secondary N) is 1. The van der Waals surface area contributed by atoms with Crippen LogP contribution in [0.2, 0.25) is 0 Å². The van der Waals surface area contributed by atoms with Gasteiger partial charge in [0.2, 0.25) is 0 Å². The summed E-state index contributed by atoms with van der Waals surface area (Å²) in [7, 11) is 0. The lowest BCUT2D eigenvalue weighted by Gasteiger charge is -2.34. The number of aromatic nitrogens is 1. The largest absolute Gasteiger partial charge is 0.312 e. The van der Waals surface area contributed by atoms with Gasteiger partial charge in [-0.05, 0) is 70.0 Å². The molecule has 19 heavy (non-hydrogen) atoms. The molecule has 2 heteroatoms. The van der Waals surface area contributed by atoms with Gasteiger partial charge in [-0.25, -0.2) is 0 Å². The van der Waals surface area contributed by atoms with Crippen molar-refractivity contribution in [1.29, 1.82) is 0 Å². The molecule has 1 aliphatic carbocycles. The third kappa shape index (κ3) is 4.94. The smallest absolute Gasteiger partial charge is 0.0299 e. The average molecular weight is 260 g/mol. The van der Waals surface area contributed by atoms with Crippen LogP contribution in [-0.4, -0.2) is 17.1 Å². The summed E-state index contributed by atoms with van der Waals surface area (Å²) in [4.78, 5) is 4.24. The molecule has 106 valence electrons. The number of hydrogen-bond donors (Lipinski definition) is 1. The average Bonchev–Trinajstić information content (AvgIpc) is 2.38. The van der Waals surface area contributed by atoms with Gasteiger partial charge in [0, 0.05) is 17.9 Å². The van der Waals surface area contributed by atoms with E-state index < -0.39 is 0 Å². The molecule has 1 N–H and O–H groups in total. The highest BCUT2D eigenvalue weighted by molar-refractivity contribution is 5.09. The van der Waals surface area contributed by atoms with Crippen molar-refractivity contribution in [2.45, 2.75) is 58.4 Å². The van der Waals surface area contributed by atoms with Gasteiger partial charge >= 0.3 is 0 Å². The van der Waals surface area contributed by atoms with E-state index in [9.17, 15) is 0 Å². The summed E-state index contributed by atoms with van der Waals surface area (Å²) >= 11 is 0. The van der Waals surface area contributed by atoms with Gasteiger partial charge in [0.15, 0.2) is 0 Å². The number of hydrogen-bond acceptors (Lipinski definition) is 2. The van der Waals surface area contributed by atoms with Gasteiger partial charge in [-0.1, -0.05) is 18.9 Å². The Bertz CT molecular complexity index is 367. The summed E-state index contributed by atoms with van der Waals surface area (Å²) in [5.41, 5.74) is 1.63. The zero-order valence-corrected chi connectivity index (χ0v) is 12.7. The first-order valence-corrected chi connectivity index (χ1v) is 7.68. The molecule has 1 aromatic rings. The number of rotatable bonds is 4. The van der Waals surface area contributed by atoms with E-state index in [0.29, 0.717) is 0 Å². The van der Waals surface area contributed by atoms with Crippen molar-refractivity contribution in [2.75, 3.05) is 6.54 Å². The lowest BCUT2D eigenvalue weighted by molar-refractivity contribution is 0.213. The van der Waals surface area contributed by atoms with E-state index in [4.69, 9.17) is 0 Å². The van der Waals surface area contributed by atoms with Gasteiger partial charge in [-0.3, -0.25) is 4.98 Å². The highest BCUT2D eigenvalue weighted by atomic mass is 14.9. The Morgan fingerprint density at radius 2 is 1.95 bits per heavy atom. The highest BCUT2D eigenvalue weighted by Gasteiger charge is 2.26. The van der Waals surface area contributed by atoms with Crippen molar-refractivity contribution < 1.29 is 0 Å². The monoisotopic (exact) mass is 260 g/mol. The van der Waals surface area contributed by atoms with E-state index >= 15 is 0 Å². The summed E-state index contributed by atoms with van der Waals surface area (Å²) in [6, 6.07) is 4.27. The van der Waals surface area contributed by atoms with Crippen LogP contribution in [0.25, 0.3) is 0 Å². The zero-order valence-electron chi connectivity index (χ0n) is 12.7. The molecule has 0 aromatic carbocycles. The first-order chi connectivity index (χ1) is 9.04. The van der Waals surface area contributed by atoms with Crippen molar-refractivity contribution in [1.82, 2.24) is 10.3 Å². The van der Waals surface area contributed by atoms with Gasteiger partial charge in [0.1, 0.15) is 0 Å². The van der Waals surface area contributed by atoms with Gasteiger partial charge in [0.25, 0.3) is 0 Å². The second kappa shape index (κ2) is 6.51. The minimum absolute atomic E-state index is 0.232. The van der Waals surface area contributed by atoms with Crippen LogP contribution >= 0.6 is 0 Å². The number of pyridine rings is 1. The van der Waals surface area contributed by atoms with E-state index in [0.717, 1.165) is 18.4 Å². The maximum absolute atomic E-state index is 4.24. The van der Waals surface area contributed by atoms with Crippen molar-refractivity contribution in [3.8, 4) is 0 Å². The molecule has 1 fully saturated rings. The van der Waals surface area contributed by atoms with Gasteiger partial charge in [0.05, 0.1) is 0 Å². The van der Waals surface area contributed by atoms with Crippen LogP contribution in [0, 0.1) is 11.8 Å². The second-order valence-electron chi connectivity index (χ2n) is 7.00. The summed E-state index contributed by atoms with van der Waals surface area (Å²) < 4.78 is 0. The summed E-state index contributed by atoms with van der Waals surface area (Å²) in [6.07, 6.45) is 10.7. The molecule has 0 spiro atoms. The van der Waals surface area contributed by atoms with Crippen molar-refractivity contribution in [2.24, 2.45) is 11.8 Å². The van der Waals surface area contributed by atoms with E-state index in [2.05, 4.69) is 43.2 Å². The van der Waals surface area contributed by atoms with Crippen LogP contribution in [0.15, 0.2) is 24.5 Å². The van der Waals surface area contributed by atoms with Gasteiger partial charge < -0.3 is 5.32 Å². The fourth-order valence-electron chi connectivity index (χ4n) is 3.08. The Kier molecular flexibility index (Phi) is 4.98. The summed E-state index contributed by atoms with van der Waals surface area (Å²) in [5.74, 6) is 1.65. The minimum atomic E-state index is 0.232. The first kappa shape index (κ1) is 14.5. The SMILES string of the molecule is CC(C)(C)NCC1CCCCC1Cc1cccnc1. The van der Waals surface area contributed by atoms with Crippen molar-refractivity contribution >= 4 is 0 Å². The highest BCUT2D eigenvalue weighted by Crippen LogP contribution is 2.32. The minimum Gasteiger partial charge on any atom is -0.312 e. The van der Waals surface area contributed by atoms with Crippen LogP contribution in [0.1, 0.15) is 52.0 Å². The number of nitrogens with zero attached hydrogens (tertiary/aromatic N) is 1. The van der Waals surface area contributed by atoms with E-state index in [1.54, 1.807) is 0 Å². The van der Waals surface area contributed by atoms with E-state index in [1.165, 1.54) is 37.7 Å². The Morgan fingerprint density at radius 3 is 2.58 bits per heavy atom. The van der Waals surface area contributed by atoms with Crippen LogP contribution < -0.4 is 5.32 Å². The zero-order chi connectivity index (χ0) is 13.7. The van der Waals surface area contributed by atoms with Crippen molar-refractivity contribution in [3.63, 3.8) is 0 Å². The molecule has 2 rings (SSSR count). The normalized spacial score (nSPS) is 24.4. The molecule has 1 heterocycles. The third-order valence-electron chi connectivity index (χ3n) is 4.18. The summed E-state index contributed by atoms with van der Waals surface area (Å²) in [5, 5.41) is 3.69. The molecule has 2 nitrogen and oxygen atoms in total. The van der Waals surface area contributed by atoms with Crippen LogP contribution in [0.4, 0.5) is 0 Å². The molecule has 0 amide bonds. The third-order valence-corrected chi connectivity index (χ3v) is 4.18. The Morgan fingerprint density at radius 1 is 1.21 bits per heavy atom. The fraction of sp³-hybridized carbons (Fsp3) is 0.706. The molecule has 1 aromatic heterocycles. The molecule has 0 radical (unpaired) electrons. The fourth-order valence-corrected chi connectivity index (χ4v) is 3.08. The van der Waals surface area contributed by atoms with Crippen LogP contribution in [-0.2, 0) is 6.42 Å². The predicted molar refractivity (Wildman–Crippen MR) is 81.1 cm³/mol. The van der Waals surface area contributed by atoms with Gasteiger partial charge in [-0.15, -0.1) is 0 Å². The molecular formula is C17H28N2. The Hall–Kier alpha value is -0.890. The van der Waals surface area contributed by atoms with E-state index in [-0.39, 0.29) is 5.54 Å². The predicted octanol–water partition coefficient (Wildman–Crippen LogP) is 3.82. The van der Waals surface area contributed by atoms with Crippen LogP contribution in [0.5, 0.6) is 0 Å². The quantitative estimate of drug-likeness (QED) is 0.890. The molecule has 2 unspecified atom stereocenters. The Labute approximate surface area is 118 Å². The van der Waals surface area contributed by atoms with Crippen LogP contribution in [0.3, 0.4) is 0 Å². The molecule has 0 bridgehead atoms. The maximum Gasteiger partial charge on any atom is 0.0299 e. The lowest BCUT2D eigenvalue weighted by Crippen LogP contribution is -2.41.